The van der Waals surface area contributed by atoms with Crippen molar-refractivity contribution >= 4 is 21.5 Å². The summed E-state index contributed by atoms with van der Waals surface area (Å²) in [4.78, 5) is 17.4. The summed E-state index contributed by atoms with van der Waals surface area (Å²) in [6.07, 6.45) is 6.80. The van der Waals surface area contributed by atoms with Crippen LogP contribution in [-0.4, -0.2) is 19.9 Å². The Kier molecular flexibility index (Phi) is 6.43. The van der Waals surface area contributed by atoms with E-state index in [1.54, 1.807) is 25.0 Å². The highest BCUT2D eigenvalue weighted by Gasteiger charge is 2.17. The summed E-state index contributed by atoms with van der Waals surface area (Å²) < 4.78 is 0. The van der Waals surface area contributed by atoms with E-state index in [0.717, 1.165) is 33.6 Å². The quantitative estimate of drug-likeness (QED) is 0.209. The summed E-state index contributed by atoms with van der Waals surface area (Å²) >= 11 is 0. The average Bonchev–Trinajstić information content (AvgIpc) is 3.11. The molecule has 4 nitrogen and oxygen atoms in total. The highest BCUT2D eigenvalue weighted by molar-refractivity contribution is 6.13. The van der Waals surface area contributed by atoms with Crippen LogP contribution in [0.15, 0.2) is 159 Å². The molecule has 0 bridgehead atoms. The molecule has 0 spiro atoms. The molecule has 8 rings (SSSR count). The third-order valence-electron chi connectivity index (χ3n) is 8.29. The molecule has 0 saturated carbocycles. The Morgan fingerprint density at radius 1 is 0.273 bits per heavy atom. The molecule has 6 aromatic carbocycles. The van der Waals surface area contributed by atoms with Gasteiger partial charge in [-0.15, -0.1) is 0 Å². The van der Waals surface area contributed by atoms with Gasteiger partial charge < -0.3 is 0 Å². The van der Waals surface area contributed by atoms with E-state index in [9.17, 15) is 0 Å². The molecule has 0 fully saturated rings. The SMILES string of the molecule is c1ccc(-c2ccc(-c3ccc(-c4ccccc4-c4ccncn4)c4ccccc34)c3ccccc23)c(-c2ccncn2)c1. The number of nitrogens with zero attached hydrogens (tertiary/aromatic N) is 4. The number of rotatable bonds is 5. The Morgan fingerprint density at radius 2 is 0.591 bits per heavy atom. The van der Waals surface area contributed by atoms with Crippen molar-refractivity contribution in [1.82, 2.24) is 19.9 Å². The van der Waals surface area contributed by atoms with Crippen molar-refractivity contribution in [2.45, 2.75) is 0 Å². The minimum atomic E-state index is 0.910. The van der Waals surface area contributed by atoms with Crippen LogP contribution in [0.2, 0.25) is 0 Å². The lowest BCUT2D eigenvalue weighted by Crippen LogP contribution is -1.92. The van der Waals surface area contributed by atoms with Crippen LogP contribution >= 0.6 is 0 Å². The lowest BCUT2D eigenvalue weighted by atomic mass is 9.86. The molecule has 0 aliphatic carbocycles. The number of fused-ring (bicyclic) bond motifs is 2. The van der Waals surface area contributed by atoms with Gasteiger partial charge in [0, 0.05) is 23.5 Å². The van der Waals surface area contributed by atoms with Gasteiger partial charge in [-0.05, 0) is 67.1 Å². The lowest BCUT2D eigenvalue weighted by Gasteiger charge is -2.18. The van der Waals surface area contributed by atoms with E-state index >= 15 is 0 Å². The molecule has 2 aromatic heterocycles. The Morgan fingerprint density at radius 3 is 0.932 bits per heavy atom. The van der Waals surface area contributed by atoms with Crippen molar-refractivity contribution in [3.8, 4) is 55.9 Å². The van der Waals surface area contributed by atoms with Crippen LogP contribution in [0, 0.1) is 0 Å². The van der Waals surface area contributed by atoms with E-state index in [-0.39, 0.29) is 0 Å². The van der Waals surface area contributed by atoms with Gasteiger partial charge in [-0.2, -0.15) is 0 Å². The van der Waals surface area contributed by atoms with E-state index in [2.05, 4.69) is 141 Å². The number of benzene rings is 6. The van der Waals surface area contributed by atoms with Crippen molar-refractivity contribution in [2.75, 3.05) is 0 Å². The van der Waals surface area contributed by atoms with Gasteiger partial charge in [-0.1, -0.05) is 121 Å². The molecule has 0 N–H and O–H groups in total. The topological polar surface area (TPSA) is 51.6 Å². The summed E-state index contributed by atoms with van der Waals surface area (Å²) in [5.74, 6) is 0. The van der Waals surface area contributed by atoms with Crippen molar-refractivity contribution in [2.24, 2.45) is 0 Å². The van der Waals surface area contributed by atoms with Gasteiger partial charge in [-0.25, -0.2) is 19.9 Å². The Bertz CT molecular complexity index is 2110. The largest absolute Gasteiger partial charge is 0.245 e. The van der Waals surface area contributed by atoms with E-state index in [4.69, 9.17) is 0 Å². The first-order chi connectivity index (χ1) is 21.9. The van der Waals surface area contributed by atoms with E-state index in [1.165, 1.54) is 43.8 Å². The molecule has 0 aliphatic rings. The van der Waals surface area contributed by atoms with Crippen LogP contribution in [0.4, 0.5) is 0 Å². The maximum Gasteiger partial charge on any atom is 0.116 e. The van der Waals surface area contributed by atoms with Crippen LogP contribution in [0.25, 0.3) is 77.4 Å². The standard InChI is InChI=1S/C40H26N4/c1-3-11-29-27(9-1)33(31-13-5-7-15-37(31)39-21-23-41-25-43-39)17-19-35(29)36-20-18-34(28-10-2-4-12-30(28)36)32-14-6-8-16-38(32)40-22-24-42-26-44-40/h1-26H. The van der Waals surface area contributed by atoms with E-state index < -0.39 is 0 Å². The van der Waals surface area contributed by atoms with Gasteiger partial charge >= 0.3 is 0 Å². The van der Waals surface area contributed by atoms with Gasteiger partial charge in [0.05, 0.1) is 11.4 Å². The minimum absolute atomic E-state index is 0.910. The molecule has 206 valence electrons. The van der Waals surface area contributed by atoms with Gasteiger partial charge in [0.1, 0.15) is 12.7 Å². The number of hydrogen-bond donors (Lipinski definition) is 0. The van der Waals surface area contributed by atoms with Crippen molar-refractivity contribution in [3.05, 3.63) is 159 Å². The van der Waals surface area contributed by atoms with Crippen LogP contribution in [0.5, 0.6) is 0 Å². The Hall–Kier alpha value is -6.00. The molecule has 8 aromatic rings. The van der Waals surface area contributed by atoms with Gasteiger partial charge in [0.15, 0.2) is 0 Å². The summed E-state index contributed by atoms with van der Waals surface area (Å²) in [6.45, 7) is 0. The normalized spacial score (nSPS) is 11.2. The fraction of sp³-hybridized carbons (Fsp3) is 0. The fourth-order valence-electron chi connectivity index (χ4n) is 6.32. The zero-order chi connectivity index (χ0) is 29.3. The molecule has 0 unspecified atom stereocenters. The molecule has 44 heavy (non-hydrogen) atoms. The third kappa shape index (κ3) is 4.41. The zero-order valence-corrected chi connectivity index (χ0v) is 23.8. The summed E-state index contributed by atoms with van der Waals surface area (Å²) in [7, 11) is 0. The highest BCUT2D eigenvalue weighted by atomic mass is 14.8. The van der Waals surface area contributed by atoms with E-state index in [0.29, 0.717) is 0 Å². The Balaban J connectivity index is 1.33. The predicted octanol–water partition coefficient (Wildman–Crippen LogP) is 9.91. The predicted molar refractivity (Wildman–Crippen MR) is 180 cm³/mol. The second-order valence-electron chi connectivity index (χ2n) is 10.7. The van der Waals surface area contributed by atoms with Crippen LogP contribution in [-0.2, 0) is 0 Å². The fourth-order valence-corrected chi connectivity index (χ4v) is 6.32. The minimum Gasteiger partial charge on any atom is -0.245 e. The molecular weight excluding hydrogens is 536 g/mol. The first-order valence-electron chi connectivity index (χ1n) is 14.6. The van der Waals surface area contributed by atoms with Crippen molar-refractivity contribution in [3.63, 3.8) is 0 Å². The molecule has 2 heterocycles. The third-order valence-corrected chi connectivity index (χ3v) is 8.29. The second-order valence-corrected chi connectivity index (χ2v) is 10.7. The van der Waals surface area contributed by atoms with Crippen molar-refractivity contribution in [1.29, 1.82) is 0 Å². The van der Waals surface area contributed by atoms with Gasteiger partial charge in [-0.3, -0.25) is 0 Å². The molecule has 0 radical (unpaired) electrons. The van der Waals surface area contributed by atoms with Crippen LogP contribution < -0.4 is 0 Å². The molecule has 4 heteroatoms. The molecule has 0 amide bonds. The lowest BCUT2D eigenvalue weighted by molar-refractivity contribution is 1.17. The molecule has 0 saturated heterocycles. The van der Waals surface area contributed by atoms with Gasteiger partial charge in [0.2, 0.25) is 0 Å². The molecule has 0 aliphatic heterocycles. The summed E-state index contributed by atoms with van der Waals surface area (Å²) in [5.41, 5.74) is 11.1. The van der Waals surface area contributed by atoms with Gasteiger partial charge in [0.25, 0.3) is 0 Å². The number of aromatic nitrogens is 4. The monoisotopic (exact) mass is 562 g/mol. The smallest absolute Gasteiger partial charge is 0.116 e. The summed E-state index contributed by atoms with van der Waals surface area (Å²) in [6, 6.07) is 47.3. The Labute approximate surface area is 255 Å². The molecular formula is C40H26N4. The zero-order valence-electron chi connectivity index (χ0n) is 23.8. The first-order valence-corrected chi connectivity index (χ1v) is 14.6. The average molecular weight is 563 g/mol. The second kappa shape index (κ2) is 11.0. The maximum atomic E-state index is 4.56. The summed E-state index contributed by atoms with van der Waals surface area (Å²) in [5, 5.41) is 4.83. The van der Waals surface area contributed by atoms with Crippen molar-refractivity contribution < 1.29 is 0 Å². The molecule has 0 atom stereocenters. The first kappa shape index (κ1) is 25.7. The van der Waals surface area contributed by atoms with E-state index in [1.807, 2.05) is 12.1 Å². The highest BCUT2D eigenvalue weighted by Crippen LogP contribution is 2.43. The van der Waals surface area contributed by atoms with Crippen LogP contribution in [0.1, 0.15) is 0 Å². The maximum absolute atomic E-state index is 4.56. The number of hydrogen-bond acceptors (Lipinski definition) is 4. The van der Waals surface area contributed by atoms with Crippen LogP contribution in [0.3, 0.4) is 0 Å².